The maximum Gasteiger partial charge on any atom is 0.0490 e. The van der Waals surface area contributed by atoms with Gasteiger partial charge in [0, 0.05) is 13.7 Å². The van der Waals surface area contributed by atoms with E-state index >= 15 is 0 Å². The van der Waals surface area contributed by atoms with Crippen molar-refractivity contribution in [2.75, 3.05) is 13.7 Å². The molecule has 3 aliphatic carbocycles. The fraction of sp³-hybridized carbons (Fsp3) is 1.00. The van der Waals surface area contributed by atoms with Gasteiger partial charge in [0.15, 0.2) is 0 Å². The van der Waals surface area contributed by atoms with Gasteiger partial charge < -0.3 is 4.74 Å². The predicted molar refractivity (Wildman–Crippen MR) is 57.0 cm³/mol. The van der Waals surface area contributed by atoms with Crippen LogP contribution >= 0.6 is 0 Å². The fourth-order valence-corrected chi connectivity index (χ4v) is 4.90. The second kappa shape index (κ2) is 3.23. The molecule has 0 spiro atoms. The summed E-state index contributed by atoms with van der Waals surface area (Å²) in [6.07, 6.45) is 6.05. The van der Waals surface area contributed by atoms with Crippen molar-refractivity contribution < 1.29 is 4.74 Å². The summed E-state index contributed by atoms with van der Waals surface area (Å²) in [7, 11) is 1.85. The molecule has 0 aliphatic heterocycles. The van der Waals surface area contributed by atoms with Crippen LogP contribution in [0.3, 0.4) is 0 Å². The van der Waals surface area contributed by atoms with Crippen molar-refractivity contribution in [3.8, 4) is 0 Å². The molecule has 6 atom stereocenters. The van der Waals surface area contributed by atoms with Gasteiger partial charge in [-0.3, -0.25) is 0 Å². The highest BCUT2D eigenvalue weighted by Crippen LogP contribution is 2.61. The minimum Gasteiger partial charge on any atom is -0.384 e. The van der Waals surface area contributed by atoms with Gasteiger partial charge in [-0.25, -0.2) is 0 Å². The van der Waals surface area contributed by atoms with Crippen molar-refractivity contribution in [1.29, 1.82) is 0 Å². The minimum absolute atomic E-state index is 0.894. The first kappa shape index (κ1) is 9.21. The van der Waals surface area contributed by atoms with Gasteiger partial charge in [0.25, 0.3) is 0 Å². The molecule has 3 fully saturated rings. The normalized spacial score (nSPS) is 55.3. The Labute approximate surface area is 87.2 Å². The largest absolute Gasteiger partial charge is 0.384 e. The molecule has 3 saturated carbocycles. The molecule has 3 aliphatic rings. The third-order valence-corrected chi connectivity index (χ3v) is 5.30. The summed E-state index contributed by atoms with van der Waals surface area (Å²) >= 11 is 0. The quantitative estimate of drug-likeness (QED) is 0.656. The van der Waals surface area contributed by atoms with E-state index in [1.807, 2.05) is 7.11 Å². The van der Waals surface area contributed by atoms with Gasteiger partial charge in [0.2, 0.25) is 0 Å². The zero-order valence-corrected chi connectivity index (χ0v) is 9.41. The van der Waals surface area contributed by atoms with E-state index in [2.05, 4.69) is 6.92 Å². The first-order valence-electron chi connectivity index (χ1n) is 6.28. The molecule has 0 heterocycles. The van der Waals surface area contributed by atoms with Gasteiger partial charge >= 0.3 is 0 Å². The molecule has 3 rings (SSSR count). The minimum atomic E-state index is 0.894. The van der Waals surface area contributed by atoms with Crippen LogP contribution in [0.4, 0.5) is 0 Å². The van der Waals surface area contributed by atoms with Gasteiger partial charge in [-0.2, -0.15) is 0 Å². The molecule has 0 N–H and O–H groups in total. The number of ether oxygens (including phenoxy) is 1. The summed E-state index contributed by atoms with van der Waals surface area (Å²) in [6, 6.07) is 0. The van der Waals surface area contributed by atoms with Gasteiger partial charge in [-0.15, -0.1) is 0 Å². The molecular formula is C13H22O. The van der Waals surface area contributed by atoms with E-state index in [4.69, 9.17) is 4.74 Å². The topological polar surface area (TPSA) is 9.23 Å². The Morgan fingerprint density at radius 2 is 1.79 bits per heavy atom. The highest BCUT2D eigenvalue weighted by atomic mass is 16.5. The lowest BCUT2D eigenvalue weighted by Crippen LogP contribution is -2.22. The average Bonchev–Trinajstić information content (AvgIpc) is 2.74. The SMILES string of the molecule is COCC1CC2C3CC(C)C(C3)C2C1. The van der Waals surface area contributed by atoms with E-state index in [1.54, 1.807) is 6.42 Å². The molecule has 1 heteroatoms. The van der Waals surface area contributed by atoms with Crippen LogP contribution in [-0.4, -0.2) is 13.7 Å². The average molecular weight is 194 g/mol. The molecule has 6 unspecified atom stereocenters. The maximum absolute atomic E-state index is 5.31. The Morgan fingerprint density at radius 1 is 1.00 bits per heavy atom. The van der Waals surface area contributed by atoms with Crippen LogP contribution in [0.5, 0.6) is 0 Å². The molecule has 80 valence electrons. The van der Waals surface area contributed by atoms with Crippen LogP contribution < -0.4 is 0 Å². The summed E-state index contributed by atoms with van der Waals surface area (Å²) < 4.78 is 5.31. The zero-order valence-electron chi connectivity index (χ0n) is 9.41. The third kappa shape index (κ3) is 1.18. The van der Waals surface area contributed by atoms with E-state index in [-0.39, 0.29) is 0 Å². The van der Waals surface area contributed by atoms with Crippen molar-refractivity contribution in [1.82, 2.24) is 0 Å². The Morgan fingerprint density at radius 3 is 2.57 bits per heavy atom. The molecule has 0 aromatic carbocycles. The van der Waals surface area contributed by atoms with Crippen molar-refractivity contribution in [3.63, 3.8) is 0 Å². The van der Waals surface area contributed by atoms with Gasteiger partial charge in [-0.05, 0) is 61.2 Å². The smallest absolute Gasteiger partial charge is 0.0490 e. The fourth-order valence-electron chi connectivity index (χ4n) is 4.90. The van der Waals surface area contributed by atoms with E-state index in [1.165, 1.54) is 19.3 Å². The van der Waals surface area contributed by atoms with E-state index in [9.17, 15) is 0 Å². The Balaban J connectivity index is 1.70. The standard InChI is InChI=1S/C13H22O/c1-8-3-10-6-11(8)13-5-9(7-14-2)4-12(10)13/h8-13H,3-7H2,1-2H3. The predicted octanol–water partition coefficient (Wildman–Crippen LogP) is 2.95. The first-order valence-corrected chi connectivity index (χ1v) is 6.28. The van der Waals surface area contributed by atoms with Crippen molar-refractivity contribution in [2.45, 2.75) is 32.6 Å². The van der Waals surface area contributed by atoms with Crippen LogP contribution in [0.25, 0.3) is 0 Å². The zero-order chi connectivity index (χ0) is 9.71. The lowest BCUT2D eigenvalue weighted by Gasteiger charge is -2.29. The summed E-state index contributed by atoms with van der Waals surface area (Å²) in [6.45, 7) is 3.49. The number of fused-ring (bicyclic) bond motifs is 5. The monoisotopic (exact) mass is 194 g/mol. The molecule has 2 bridgehead atoms. The summed E-state index contributed by atoms with van der Waals surface area (Å²) in [5.41, 5.74) is 0. The third-order valence-electron chi connectivity index (χ3n) is 5.30. The Hall–Kier alpha value is -0.0400. The number of hydrogen-bond acceptors (Lipinski definition) is 1. The highest BCUT2D eigenvalue weighted by Gasteiger charge is 2.54. The van der Waals surface area contributed by atoms with E-state index in [0.29, 0.717) is 0 Å². The van der Waals surface area contributed by atoms with Crippen LogP contribution in [0.2, 0.25) is 0 Å². The van der Waals surface area contributed by atoms with E-state index in [0.717, 1.165) is 42.1 Å². The molecule has 1 nitrogen and oxygen atoms in total. The van der Waals surface area contributed by atoms with Crippen molar-refractivity contribution in [3.05, 3.63) is 0 Å². The number of hydrogen-bond donors (Lipinski definition) is 0. The summed E-state index contributed by atoms with van der Waals surface area (Å²) in [5.74, 6) is 6.29. The Kier molecular flexibility index (Phi) is 2.12. The molecular weight excluding hydrogens is 172 g/mol. The van der Waals surface area contributed by atoms with Gasteiger partial charge in [0.1, 0.15) is 0 Å². The number of rotatable bonds is 2. The lowest BCUT2D eigenvalue weighted by atomic mass is 9.77. The van der Waals surface area contributed by atoms with Crippen LogP contribution in [-0.2, 0) is 4.74 Å². The molecule has 0 aromatic heterocycles. The Bertz CT molecular complexity index is 225. The van der Waals surface area contributed by atoms with Crippen LogP contribution in [0.1, 0.15) is 32.6 Å². The second-order valence-corrected chi connectivity index (χ2v) is 5.99. The van der Waals surface area contributed by atoms with Gasteiger partial charge in [0.05, 0.1) is 0 Å². The number of methoxy groups -OCH3 is 1. The first-order chi connectivity index (χ1) is 6.79. The highest BCUT2D eigenvalue weighted by molar-refractivity contribution is 5.03. The molecule has 0 radical (unpaired) electrons. The summed E-state index contributed by atoms with van der Waals surface area (Å²) in [5, 5.41) is 0. The molecule has 0 amide bonds. The molecule has 0 aromatic rings. The molecule has 0 saturated heterocycles. The van der Waals surface area contributed by atoms with E-state index < -0.39 is 0 Å². The van der Waals surface area contributed by atoms with Crippen LogP contribution in [0.15, 0.2) is 0 Å². The summed E-state index contributed by atoms with van der Waals surface area (Å²) in [4.78, 5) is 0. The molecule has 14 heavy (non-hydrogen) atoms. The van der Waals surface area contributed by atoms with Crippen molar-refractivity contribution in [2.24, 2.45) is 35.5 Å². The second-order valence-electron chi connectivity index (χ2n) is 5.99. The van der Waals surface area contributed by atoms with Crippen molar-refractivity contribution >= 4 is 0 Å². The van der Waals surface area contributed by atoms with Crippen LogP contribution in [0, 0.1) is 35.5 Å². The maximum atomic E-state index is 5.31. The lowest BCUT2D eigenvalue weighted by molar-refractivity contribution is 0.148. The van der Waals surface area contributed by atoms with Gasteiger partial charge in [-0.1, -0.05) is 6.92 Å².